The number of fused-ring (bicyclic) bond motifs is 1. The molecule has 2 aromatic heterocycles. The third kappa shape index (κ3) is 2.61. The van der Waals surface area contributed by atoms with Gasteiger partial charge in [-0.05, 0) is 36.4 Å². The first kappa shape index (κ1) is 13.1. The fourth-order valence-electron chi connectivity index (χ4n) is 2.32. The number of pyridine rings is 1. The van der Waals surface area contributed by atoms with Crippen molar-refractivity contribution in [1.29, 1.82) is 0 Å². The van der Waals surface area contributed by atoms with E-state index in [1.807, 2.05) is 48.7 Å². The molecule has 0 aliphatic heterocycles. The largest absolute Gasteiger partial charge is 0.333 e. The maximum Gasteiger partial charge on any atom is 0.171 e. The Bertz CT molecular complexity index is 865. The molecule has 0 spiro atoms. The van der Waals surface area contributed by atoms with Crippen molar-refractivity contribution in [1.82, 2.24) is 15.0 Å². The van der Waals surface area contributed by atoms with Gasteiger partial charge in [-0.3, -0.25) is 4.98 Å². The van der Waals surface area contributed by atoms with Crippen molar-refractivity contribution < 1.29 is 0 Å². The highest BCUT2D eigenvalue weighted by Gasteiger charge is 2.05. The molecule has 3 nitrogen and oxygen atoms in total. The standard InChI is InChI=1S/C18H13N3S/c1-2-7-17-16(6-1)20-18(21-17)22-14-10-8-13(9-11-14)15-5-3-4-12-19-15/h1-12H,(H,20,21). The van der Waals surface area contributed by atoms with Gasteiger partial charge in [0.25, 0.3) is 0 Å². The van der Waals surface area contributed by atoms with E-state index in [0.717, 1.165) is 32.3 Å². The summed E-state index contributed by atoms with van der Waals surface area (Å²) in [5.74, 6) is 0. The fourth-order valence-corrected chi connectivity index (χ4v) is 3.12. The number of aromatic nitrogens is 3. The monoisotopic (exact) mass is 303 g/mol. The van der Waals surface area contributed by atoms with Crippen molar-refractivity contribution in [3.63, 3.8) is 0 Å². The van der Waals surface area contributed by atoms with Gasteiger partial charge in [-0.15, -0.1) is 0 Å². The average molecular weight is 303 g/mol. The molecule has 0 atom stereocenters. The van der Waals surface area contributed by atoms with E-state index in [-0.39, 0.29) is 0 Å². The molecule has 2 aromatic carbocycles. The summed E-state index contributed by atoms with van der Waals surface area (Å²) in [6.45, 7) is 0. The molecule has 4 heteroatoms. The number of nitrogens with one attached hydrogen (secondary N) is 1. The summed E-state index contributed by atoms with van der Waals surface area (Å²) in [5, 5.41) is 0.909. The summed E-state index contributed by atoms with van der Waals surface area (Å²) in [6, 6.07) is 22.4. The second-order valence-electron chi connectivity index (χ2n) is 4.90. The minimum absolute atomic E-state index is 0.909. The summed E-state index contributed by atoms with van der Waals surface area (Å²) >= 11 is 1.63. The van der Waals surface area contributed by atoms with Gasteiger partial charge in [0.15, 0.2) is 5.16 Å². The molecule has 0 unspecified atom stereocenters. The molecule has 4 aromatic rings. The SMILES string of the molecule is c1ccc(-c2ccc(Sc3nc4ccccc4[nH]3)cc2)nc1. The molecule has 0 fully saturated rings. The van der Waals surface area contributed by atoms with Crippen LogP contribution in [0.3, 0.4) is 0 Å². The molecule has 106 valence electrons. The number of nitrogens with zero attached hydrogens (tertiary/aromatic N) is 2. The van der Waals surface area contributed by atoms with Crippen molar-refractivity contribution in [3.05, 3.63) is 72.9 Å². The fraction of sp³-hybridized carbons (Fsp3) is 0. The van der Waals surface area contributed by atoms with Crippen molar-refractivity contribution in [3.8, 4) is 11.3 Å². The lowest BCUT2D eigenvalue weighted by Crippen LogP contribution is -1.82. The van der Waals surface area contributed by atoms with Crippen LogP contribution in [0.5, 0.6) is 0 Å². The minimum Gasteiger partial charge on any atom is -0.333 e. The Kier molecular flexibility index (Phi) is 3.37. The zero-order valence-electron chi connectivity index (χ0n) is 11.7. The van der Waals surface area contributed by atoms with Crippen molar-refractivity contribution >= 4 is 22.8 Å². The predicted octanol–water partition coefficient (Wildman–Crippen LogP) is 4.78. The number of aromatic amines is 1. The average Bonchev–Trinajstić information content (AvgIpc) is 2.98. The van der Waals surface area contributed by atoms with E-state index in [2.05, 4.69) is 39.2 Å². The van der Waals surface area contributed by atoms with E-state index >= 15 is 0 Å². The van der Waals surface area contributed by atoms with Gasteiger partial charge in [0.05, 0.1) is 16.7 Å². The number of hydrogen-bond acceptors (Lipinski definition) is 3. The maximum absolute atomic E-state index is 4.58. The molecule has 0 radical (unpaired) electrons. The predicted molar refractivity (Wildman–Crippen MR) is 89.9 cm³/mol. The van der Waals surface area contributed by atoms with Gasteiger partial charge in [-0.2, -0.15) is 0 Å². The highest BCUT2D eigenvalue weighted by atomic mass is 32.2. The van der Waals surface area contributed by atoms with Crippen molar-refractivity contribution in [2.24, 2.45) is 0 Å². The van der Waals surface area contributed by atoms with Crippen LogP contribution in [0.2, 0.25) is 0 Å². The van der Waals surface area contributed by atoms with E-state index < -0.39 is 0 Å². The maximum atomic E-state index is 4.58. The van der Waals surface area contributed by atoms with Crippen LogP contribution >= 0.6 is 11.8 Å². The van der Waals surface area contributed by atoms with Crippen LogP contribution in [0.25, 0.3) is 22.3 Å². The Hall–Kier alpha value is -2.59. The molecule has 1 N–H and O–H groups in total. The Morgan fingerprint density at radius 3 is 2.41 bits per heavy atom. The van der Waals surface area contributed by atoms with Crippen LogP contribution < -0.4 is 0 Å². The first-order chi connectivity index (χ1) is 10.9. The second kappa shape index (κ2) is 5.66. The van der Waals surface area contributed by atoms with Crippen molar-refractivity contribution in [2.45, 2.75) is 10.1 Å². The van der Waals surface area contributed by atoms with E-state index in [1.54, 1.807) is 11.8 Å². The van der Waals surface area contributed by atoms with Gasteiger partial charge < -0.3 is 4.98 Å². The van der Waals surface area contributed by atoms with E-state index in [9.17, 15) is 0 Å². The Labute approximate surface area is 132 Å². The minimum atomic E-state index is 0.909. The van der Waals surface area contributed by atoms with Crippen LogP contribution in [-0.2, 0) is 0 Å². The van der Waals surface area contributed by atoms with Crippen LogP contribution in [0.4, 0.5) is 0 Å². The third-order valence-corrected chi connectivity index (χ3v) is 4.29. The zero-order chi connectivity index (χ0) is 14.8. The summed E-state index contributed by atoms with van der Waals surface area (Å²) in [6.07, 6.45) is 1.81. The lowest BCUT2D eigenvalue weighted by molar-refractivity contribution is 1.08. The number of benzene rings is 2. The zero-order valence-corrected chi connectivity index (χ0v) is 12.5. The number of H-pyrrole nitrogens is 1. The normalized spacial score (nSPS) is 10.9. The molecule has 0 bridgehead atoms. The summed E-state index contributed by atoms with van der Waals surface area (Å²) in [4.78, 5) is 13.4. The molecule has 22 heavy (non-hydrogen) atoms. The highest BCUT2D eigenvalue weighted by molar-refractivity contribution is 7.99. The van der Waals surface area contributed by atoms with Gasteiger partial charge in [-0.1, -0.05) is 42.1 Å². The topological polar surface area (TPSA) is 41.6 Å². The number of rotatable bonds is 3. The molecular weight excluding hydrogens is 290 g/mol. The Morgan fingerprint density at radius 2 is 1.64 bits per heavy atom. The molecular formula is C18H13N3S. The van der Waals surface area contributed by atoms with Gasteiger partial charge in [-0.25, -0.2) is 4.98 Å². The summed E-state index contributed by atoms with van der Waals surface area (Å²) in [5.41, 5.74) is 4.17. The molecule has 0 saturated carbocycles. The van der Waals surface area contributed by atoms with Crippen molar-refractivity contribution in [2.75, 3.05) is 0 Å². The Balaban J connectivity index is 1.58. The van der Waals surface area contributed by atoms with Gasteiger partial charge in [0.1, 0.15) is 0 Å². The van der Waals surface area contributed by atoms with Crippen LogP contribution in [0.1, 0.15) is 0 Å². The molecule has 0 aliphatic carbocycles. The number of hydrogen-bond donors (Lipinski definition) is 1. The third-order valence-electron chi connectivity index (χ3n) is 3.40. The van der Waals surface area contributed by atoms with E-state index in [4.69, 9.17) is 0 Å². The van der Waals surface area contributed by atoms with Gasteiger partial charge >= 0.3 is 0 Å². The molecule has 0 saturated heterocycles. The molecule has 0 aliphatic rings. The molecule has 0 amide bonds. The van der Waals surface area contributed by atoms with E-state index in [0.29, 0.717) is 0 Å². The summed E-state index contributed by atoms with van der Waals surface area (Å²) < 4.78 is 0. The first-order valence-electron chi connectivity index (χ1n) is 7.02. The number of imidazole rings is 1. The number of para-hydroxylation sites is 2. The quantitative estimate of drug-likeness (QED) is 0.592. The van der Waals surface area contributed by atoms with Crippen LogP contribution in [-0.4, -0.2) is 15.0 Å². The lowest BCUT2D eigenvalue weighted by Gasteiger charge is -2.02. The summed E-state index contributed by atoms with van der Waals surface area (Å²) in [7, 11) is 0. The van der Waals surface area contributed by atoms with Gasteiger partial charge in [0.2, 0.25) is 0 Å². The van der Waals surface area contributed by atoms with E-state index in [1.165, 1.54) is 0 Å². The van der Waals surface area contributed by atoms with Gasteiger partial charge in [0, 0.05) is 16.7 Å². The molecule has 2 heterocycles. The smallest absolute Gasteiger partial charge is 0.171 e. The van der Waals surface area contributed by atoms with Crippen LogP contribution in [0, 0.1) is 0 Å². The molecule has 4 rings (SSSR count). The second-order valence-corrected chi connectivity index (χ2v) is 5.96. The lowest BCUT2D eigenvalue weighted by atomic mass is 10.1. The first-order valence-corrected chi connectivity index (χ1v) is 7.84. The Morgan fingerprint density at radius 1 is 0.818 bits per heavy atom. The van der Waals surface area contributed by atoms with Crippen LogP contribution in [0.15, 0.2) is 83.0 Å². The highest BCUT2D eigenvalue weighted by Crippen LogP contribution is 2.28.